The molecule has 0 unspecified atom stereocenters. The second-order valence-electron chi connectivity index (χ2n) is 6.24. The molecule has 4 rings (SSSR count). The Kier molecular flexibility index (Phi) is 4.26. The molecule has 1 N–H and O–H groups in total. The van der Waals surface area contributed by atoms with Gasteiger partial charge >= 0.3 is 1.43 Å². The van der Waals surface area contributed by atoms with Crippen LogP contribution in [-0.4, -0.2) is 26.5 Å². The highest BCUT2D eigenvalue weighted by Crippen LogP contribution is 2.36. The second kappa shape index (κ2) is 6.69. The van der Waals surface area contributed by atoms with Crippen LogP contribution in [0.5, 0.6) is 17.2 Å². The van der Waals surface area contributed by atoms with Crippen LogP contribution in [0, 0.1) is 11.7 Å². The molecule has 0 amide bonds. The lowest BCUT2D eigenvalue weighted by atomic mass is 9.81. The van der Waals surface area contributed by atoms with Gasteiger partial charge in [0.25, 0.3) is 0 Å². The summed E-state index contributed by atoms with van der Waals surface area (Å²) in [6.07, 6.45) is 1.03. The Hall–Kier alpha value is -2.27. The van der Waals surface area contributed by atoms with Crippen LogP contribution in [0.1, 0.15) is 19.3 Å². The fourth-order valence-corrected chi connectivity index (χ4v) is 3.42. The van der Waals surface area contributed by atoms with Crippen molar-refractivity contribution < 1.29 is 20.0 Å². The summed E-state index contributed by atoms with van der Waals surface area (Å²) in [4.78, 5) is 0. The van der Waals surface area contributed by atoms with Gasteiger partial charge in [-0.1, -0.05) is 12.1 Å². The highest BCUT2D eigenvalue weighted by molar-refractivity contribution is 5.46. The number of piperidine rings is 1. The van der Waals surface area contributed by atoms with Crippen molar-refractivity contribution in [1.82, 2.24) is 5.32 Å². The van der Waals surface area contributed by atoms with E-state index in [0.29, 0.717) is 18.4 Å². The van der Waals surface area contributed by atoms with Crippen LogP contribution in [0.3, 0.4) is 0 Å². The van der Waals surface area contributed by atoms with Crippen LogP contribution < -0.4 is 19.5 Å². The third-order valence-corrected chi connectivity index (χ3v) is 4.71. The Morgan fingerprint density at radius 2 is 1.96 bits per heavy atom. The van der Waals surface area contributed by atoms with Crippen LogP contribution in [0.2, 0.25) is 0 Å². The summed E-state index contributed by atoms with van der Waals surface area (Å²) in [7, 11) is 0. The summed E-state index contributed by atoms with van der Waals surface area (Å²) in [5.41, 5.74) is 1.18. The molecule has 2 aliphatic rings. The number of ether oxygens (including phenoxy) is 3. The van der Waals surface area contributed by atoms with Crippen molar-refractivity contribution in [3.8, 4) is 17.2 Å². The van der Waals surface area contributed by atoms with E-state index in [1.165, 1.54) is 17.7 Å². The van der Waals surface area contributed by atoms with Crippen LogP contribution >= 0.6 is 0 Å². The minimum Gasteiger partial charge on any atom is -0.493 e. The zero-order valence-electron chi connectivity index (χ0n) is 14.3. The van der Waals surface area contributed by atoms with Gasteiger partial charge in [0.15, 0.2) is 11.5 Å². The first-order valence-electron chi connectivity index (χ1n) is 8.28. The highest BCUT2D eigenvalue weighted by Gasteiger charge is 2.27. The van der Waals surface area contributed by atoms with Gasteiger partial charge in [-0.15, -0.1) is 0 Å². The molecule has 2 aromatic rings. The number of hydrogen-bond donors (Lipinski definition) is 1. The zero-order chi connectivity index (χ0) is 16.4. The molecule has 0 saturated carbocycles. The van der Waals surface area contributed by atoms with Gasteiger partial charge in [0, 0.05) is 18.5 Å². The summed E-state index contributed by atoms with van der Waals surface area (Å²) in [6, 6.07) is 12.5. The summed E-state index contributed by atoms with van der Waals surface area (Å²) in [5, 5.41) is 3.43. The normalized spacial score (nSPS) is 22.4. The van der Waals surface area contributed by atoms with E-state index in [1.807, 2.05) is 30.3 Å². The molecule has 2 aliphatic heterocycles. The van der Waals surface area contributed by atoms with E-state index in [2.05, 4.69) is 5.32 Å². The van der Waals surface area contributed by atoms with Crippen molar-refractivity contribution in [2.75, 3.05) is 26.5 Å². The number of benzene rings is 2. The topological polar surface area (TPSA) is 39.7 Å². The summed E-state index contributed by atoms with van der Waals surface area (Å²) < 4.78 is 29.9. The van der Waals surface area contributed by atoms with E-state index in [-0.39, 0.29) is 14.0 Å². The van der Waals surface area contributed by atoms with E-state index in [9.17, 15) is 4.39 Å². The molecule has 0 aromatic heterocycles. The molecule has 1 saturated heterocycles. The Balaban J connectivity index is 0.00000182. The average molecular weight is 330 g/mol. The predicted octanol–water partition coefficient (Wildman–Crippen LogP) is 3.44. The smallest absolute Gasteiger partial charge is 0.493 e. The molecule has 126 valence electrons. The number of fused-ring (bicyclic) bond motifs is 1. The van der Waals surface area contributed by atoms with Crippen molar-refractivity contribution in [3.05, 3.63) is 53.8 Å². The number of halogens is 1. The summed E-state index contributed by atoms with van der Waals surface area (Å²) >= 11 is 0. The highest BCUT2D eigenvalue weighted by atomic mass is 19.1. The third kappa shape index (κ3) is 3.17. The number of hydrogen-bond acceptors (Lipinski definition) is 4. The third-order valence-electron chi connectivity index (χ3n) is 4.71. The Morgan fingerprint density at radius 1 is 1.12 bits per heavy atom. The van der Waals surface area contributed by atoms with E-state index in [0.717, 1.165) is 36.8 Å². The number of nitrogens with one attached hydrogen (secondary N) is 1. The maximum atomic E-state index is 13.2. The first kappa shape index (κ1) is 15.3. The lowest BCUT2D eigenvalue weighted by Gasteiger charge is -2.32. The van der Waals surface area contributed by atoms with Gasteiger partial charge in [0.2, 0.25) is 6.79 Å². The van der Waals surface area contributed by atoms with E-state index in [4.69, 9.17) is 14.2 Å². The first-order valence-corrected chi connectivity index (χ1v) is 8.28. The van der Waals surface area contributed by atoms with E-state index < -0.39 is 0 Å². The molecule has 24 heavy (non-hydrogen) atoms. The van der Waals surface area contributed by atoms with Gasteiger partial charge in [0.1, 0.15) is 11.6 Å². The maximum Gasteiger partial charge on any atom is 1.00 e. The maximum absolute atomic E-state index is 13.2. The minimum atomic E-state index is -0.194. The molecule has 5 heteroatoms. The Morgan fingerprint density at radius 3 is 2.83 bits per heavy atom. The van der Waals surface area contributed by atoms with Crippen LogP contribution in [0.25, 0.3) is 0 Å². The van der Waals surface area contributed by atoms with Crippen LogP contribution in [0.15, 0.2) is 42.5 Å². The molecule has 0 bridgehead atoms. The molecule has 4 nitrogen and oxygen atoms in total. The fourth-order valence-electron chi connectivity index (χ4n) is 3.42. The predicted molar refractivity (Wildman–Crippen MR) is 89.3 cm³/mol. The molecule has 1 fully saturated rings. The summed E-state index contributed by atoms with van der Waals surface area (Å²) in [6.45, 7) is 2.74. The van der Waals surface area contributed by atoms with Gasteiger partial charge in [-0.05, 0) is 48.7 Å². The van der Waals surface area contributed by atoms with Gasteiger partial charge < -0.3 is 19.5 Å². The summed E-state index contributed by atoms with van der Waals surface area (Å²) in [5.74, 6) is 2.79. The van der Waals surface area contributed by atoms with Gasteiger partial charge in [-0.2, -0.15) is 0 Å². The second-order valence-corrected chi connectivity index (χ2v) is 6.24. The van der Waals surface area contributed by atoms with Crippen LogP contribution in [0.4, 0.5) is 4.39 Å². The Labute approximate surface area is 142 Å². The van der Waals surface area contributed by atoms with Gasteiger partial charge in [-0.25, -0.2) is 4.39 Å². The lowest BCUT2D eigenvalue weighted by Crippen LogP contribution is -2.38. The molecule has 2 heterocycles. The molecular formula is C19H21FNO3+. The largest absolute Gasteiger partial charge is 1.00 e. The molecule has 0 radical (unpaired) electrons. The van der Waals surface area contributed by atoms with Gasteiger partial charge in [0.05, 0.1) is 6.61 Å². The van der Waals surface area contributed by atoms with E-state index >= 15 is 0 Å². The van der Waals surface area contributed by atoms with Crippen molar-refractivity contribution in [2.24, 2.45) is 5.92 Å². The van der Waals surface area contributed by atoms with Gasteiger partial charge in [-0.3, -0.25) is 0 Å². The Bertz CT molecular complexity index is 710. The van der Waals surface area contributed by atoms with Crippen molar-refractivity contribution in [2.45, 2.75) is 12.3 Å². The van der Waals surface area contributed by atoms with Crippen molar-refractivity contribution in [3.63, 3.8) is 0 Å². The zero-order valence-corrected chi connectivity index (χ0v) is 13.3. The standard InChI is InChI=1S/C19H20FNO3/c20-15-3-1-13(2-4-15)17-7-8-21-10-14(17)11-22-16-5-6-18-19(9-16)24-12-23-18/h1-6,9,14,17,21H,7-8,10-12H2/p+1/t14-,17-/m0/s1. The molecule has 2 aromatic carbocycles. The quantitative estimate of drug-likeness (QED) is 0.932. The van der Waals surface area contributed by atoms with E-state index in [1.54, 1.807) is 0 Å². The average Bonchev–Trinajstić information content (AvgIpc) is 3.09. The monoisotopic (exact) mass is 330 g/mol. The van der Waals surface area contributed by atoms with Crippen LogP contribution in [-0.2, 0) is 0 Å². The molecule has 2 atom stereocenters. The number of rotatable bonds is 4. The molecule has 0 aliphatic carbocycles. The fraction of sp³-hybridized carbons (Fsp3) is 0.368. The van der Waals surface area contributed by atoms with Crippen molar-refractivity contribution in [1.29, 1.82) is 0 Å². The first-order chi connectivity index (χ1) is 11.8. The molecular weight excluding hydrogens is 309 g/mol. The minimum absolute atomic E-state index is 0. The lowest BCUT2D eigenvalue weighted by molar-refractivity contribution is 0.173. The van der Waals surface area contributed by atoms with Crippen molar-refractivity contribution >= 4 is 0 Å². The molecule has 0 spiro atoms. The SMILES string of the molecule is Fc1ccc([C@@H]2CCNC[C@H]2COc2ccc3c(c2)OCO3)cc1.[H+].